The van der Waals surface area contributed by atoms with Crippen molar-refractivity contribution in [3.63, 3.8) is 0 Å². The van der Waals surface area contributed by atoms with Crippen molar-refractivity contribution in [2.75, 3.05) is 22.6 Å². The van der Waals surface area contributed by atoms with Crippen LogP contribution in [0.5, 0.6) is 0 Å². The molecule has 4 heteroatoms. The van der Waals surface area contributed by atoms with Gasteiger partial charge in [0, 0.05) is 12.3 Å². The van der Waals surface area contributed by atoms with Gasteiger partial charge in [-0.2, -0.15) is 0 Å². The number of alkyl halides is 1. The fourth-order valence-corrected chi connectivity index (χ4v) is 2.15. The highest BCUT2D eigenvalue weighted by atomic mass is 127. The normalized spacial score (nSPS) is 18.6. The molecule has 0 unspecified atom stereocenters. The molecule has 0 aromatic rings. The maximum Gasteiger partial charge on any atom is 0.233 e. The van der Waals surface area contributed by atoms with Gasteiger partial charge in [0.2, 0.25) is 5.91 Å². The number of carbonyl (C=O) groups excluding carboxylic acids is 1. The van der Waals surface area contributed by atoms with Gasteiger partial charge in [-0.3, -0.25) is 4.79 Å². The molecule has 0 aromatic carbocycles. The van der Waals surface area contributed by atoms with E-state index in [1.54, 1.807) is 0 Å². The van der Waals surface area contributed by atoms with E-state index in [1.165, 1.54) is 0 Å². The molecule has 0 N–H and O–H groups in total. The van der Waals surface area contributed by atoms with Gasteiger partial charge in [-0.05, 0) is 0 Å². The van der Waals surface area contributed by atoms with E-state index in [0.29, 0.717) is 4.43 Å². The predicted molar refractivity (Wildman–Crippen MR) is 47.9 cm³/mol. The molecule has 1 saturated heterocycles. The summed E-state index contributed by atoms with van der Waals surface area (Å²) >= 11 is 3.93. The van der Waals surface area contributed by atoms with E-state index in [0.717, 1.165) is 18.2 Å². The minimum absolute atomic E-state index is 0.278. The van der Waals surface area contributed by atoms with E-state index in [2.05, 4.69) is 22.6 Å². The Kier molecular flexibility index (Phi) is 3.11. The lowest BCUT2D eigenvalue weighted by atomic mass is 10.6. The van der Waals surface area contributed by atoms with Crippen molar-refractivity contribution in [2.24, 2.45) is 0 Å². The first-order chi connectivity index (χ1) is 4.34. The summed E-state index contributed by atoms with van der Waals surface area (Å²) in [5.74, 6) is 2.30. The second-order valence-corrected chi connectivity index (χ2v) is 3.67. The lowest BCUT2D eigenvalue weighted by Crippen LogP contribution is -2.28. The van der Waals surface area contributed by atoms with Crippen LogP contribution in [-0.4, -0.2) is 33.4 Å². The third kappa shape index (κ3) is 2.00. The second kappa shape index (κ2) is 3.65. The Balaban J connectivity index is 2.32. The lowest BCUT2D eigenvalue weighted by molar-refractivity contribution is -0.126. The number of rotatable bonds is 1. The van der Waals surface area contributed by atoms with Crippen LogP contribution in [0.4, 0.5) is 0 Å². The van der Waals surface area contributed by atoms with Crippen molar-refractivity contribution in [3.05, 3.63) is 0 Å². The minimum atomic E-state index is 0.278. The number of nitrogens with zero attached hydrogens (tertiary/aromatic N) is 1. The summed E-state index contributed by atoms with van der Waals surface area (Å²) in [4.78, 5) is 12.8. The molecule has 2 nitrogen and oxygen atoms in total. The fourth-order valence-electron chi connectivity index (χ4n) is 0.695. The highest BCUT2D eigenvalue weighted by molar-refractivity contribution is 14.1. The van der Waals surface area contributed by atoms with Crippen LogP contribution in [0.15, 0.2) is 0 Å². The van der Waals surface area contributed by atoms with Gasteiger partial charge in [-0.15, -0.1) is 11.8 Å². The molecule has 0 saturated carbocycles. The van der Waals surface area contributed by atoms with E-state index in [9.17, 15) is 4.79 Å². The highest BCUT2D eigenvalue weighted by Gasteiger charge is 2.15. The Labute approximate surface area is 72.5 Å². The first kappa shape index (κ1) is 7.65. The average molecular weight is 257 g/mol. The van der Waals surface area contributed by atoms with Gasteiger partial charge in [-0.1, -0.05) is 22.6 Å². The molecule has 1 aliphatic heterocycles. The predicted octanol–water partition coefficient (Wildman–Crippen LogP) is 0.954. The Hall–Kier alpha value is 0.550. The topological polar surface area (TPSA) is 20.3 Å². The number of amides is 1. The zero-order valence-corrected chi connectivity index (χ0v) is 7.94. The van der Waals surface area contributed by atoms with Crippen LogP contribution in [0.3, 0.4) is 0 Å². The number of hydrogen-bond donors (Lipinski definition) is 0. The molecule has 0 bridgehead atoms. The average Bonchev–Trinajstić information content (AvgIpc) is 2.37. The van der Waals surface area contributed by atoms with Gasteiger partial charge in [0.05, 0.1) is 10.3 Å². The van der Waals surface area contributed by atoms with E-state index in [-0.39, 0.29) is 5.91 Å². The zero-order chi connectivity index (χ0) is 6.69. The van der Waals surface area contributed by atoms with Crippen LogP contribution in [0.2, 0.25) is 0 Å². The number of carbonyl (C=O) groups is 1. The maximum atomic E-state index is 10.9. The number of halogens is 1. The lowest BCUT2D eigenvalue weighted by Gasteiger charge is -2.10. The Morgan fingerprint density at radius 2 is 2.56 bits per heavy atom. The van der Waals surface area contributed by atoms with Gasteiger partial charge >= 0.3 is 0 Å². The third-order valence-electron chi connectivity index (χ3n) is 1.22. The van der Waals surface area contributed by atoms with Crippen molar-refractivity contribution in [3.8, 4) is 0 Å². The third-order valence-corrected chi connectivity index (χ3v) is 2.84. The first-order valence-corrected chi connectivity index (χ1v) is 5.44. The van der Waals surface area contributed by atoms with E-state index in [1.807, 2.05) is 16.7 Å². The van der Waals surface area contributed by atoms with Gasteiger partial charge in [0.1, 0.15) is 0 Å². The van der Waals surface area contributed by atoms with Crippen LogP contribution < -0.4 is 0 Å². The van der Waals surface area contributed by atoms with Gasteiger partial charge in [0.15, 0.2) is 0 Å². The van der Waals surface area contributed by atoms with Crippen molar-refractivity contribution in [1.29, 1.82) is 0 Å². The maximum absolute atomic E-state index is 10.9. The fraction of sp³-hybridized carbons (Fsp3) is 0.800. The molecule has 1 fully saturated rings. The molecule has 9 heavy (non-hydrogen) atoms. The second-order valence-electron chi connectivity index (χ2n) is 1.83. The van der Waals surface area contributed by atoms with E-state index in [4.69, 9.17) is 0 Å². The summed E-state index contributed by atoms with van der Waals surface area (Å²) in [6, 6.07) is 0. The molecule has 0 spiro atoms. The molecule has 0 aromatic heterocycles. The zero-order valence-electron chi connectivity index (χ0n) is 4.97. The van der Waals surface area contributed by atoms with Crippen molar-refractivity contribution >= 4 is 40.3 Å². The Morgan fingerprint density at radius 3 is 3.00 bits per heavy atom. The SMILES string of the molecule is O=C(CI)N1CCSC1. The highest BCUT2D eigenvalue weighted by Crippen LogP contribution is 2.13. The molecule has 1 amide bonds. The molecular weight excluding hydrogens is 249 g/mol. The van der Waals surface area contributed by atoms with Crippen LogP contribution in [0, 0.1) is 0 Å². The summed E-state index contributed by atoms with van der Waals surface area (Å²) in [7, 11) is 0. The van der Waals surface area contributed by atoms with Crippen LogP contribution >= 0.6 is 34.4 Å². The standard InChI is InChI=1S/C5H8INOS/c6-3-5(8)7-1-2-9-4-7/h1-4H2. The van der Waals surface area contributed by atoms with E-state index < -0.39 is 0 Å². The monoisotopic (exact) mass is 257 g/mol. The Bertz CT molecular complexity index is 114. The molecule has 1 rings (SSSR count). The van der Waals surface area contributed by atoms with Crippen molar-refractivity contribution in [2.45, 2.75) is 0 Å². The summed E-state index contributed by atoms with van der Waals surface area (Å²) in [5, 5.41) is 0. The largest absolute Gasteiger partial charge is 0.332 e. The quantitative estimate of drug-likeness (QED) is 0.515. The van der Waals surface area contributed by atoms with E-state index >= 15 is 0 Å². The molecule has 52 valence electrons. The van der Waals surface area contributed by atoms with Gasteiger partial charge in [-0.25, -0.2) is 0 Å². The smallest absolute Gasteiger partial charge is 0.233 e. The molecule has 0 atom stereocenters. The molecule has 0 aliphatic carbocycles. The molecular formula is C5H8INOS. The van der Waals surface area contributed by atoms with Crippen molar-refractivity contribution in [1.82, 2.24) is 4.90 Å². The van der Waals surface area contributed by atoms with Crippen LogP contribution in [0.25, 0.3) is 0 Å². The van der Waals surface area contributed by atoms with Crippen molar-refractivity contribution < 1.29 is 4.79 Å². The molecule has 1 heterocycles. The number of hydrogen-bond acceptors (Lipinski definition) is 2. The first-order valence-electron chi connectivity index (χ1n) is 2.76. The summed E-state index contributed by atoms with van der Waals surface area (Å²) in [5.41, 5.74) is 0. The molecule has 0 radical (unpaired) electrons. The molecule has 1 aliphatic rings. The van der Waals surface area contributed by atoms with Gasteiger partial charge in [0.25, 0.3) is 0 Å². The van der Waals surface area contributed by atoms with Crippen LogP contribution in [0.1, 0.15) is 0 Å². The summed E-state index contributed by atoms with van der Waals surface area (Å²) in [6.07, 6.45) is 0. The summed E-state index contributed by atoms with van der Waals surface area (Å²) in [6.45, 7) is 0.951. The Morgan fingerprint density at radius 1 is 1.78 bits per heavy atom. The minimum Gasteiger partial charge on any atom is -0.332 e. The van der Waals surface area contributed by atoms with Gasteiger partial charge < -0.3 is 4.90 Å². The van der Waals surface area contributed by atoms with Crippen LogP contribution in [-0.2, 0) is 4.79 Å². The number of thioether (sulfide) groups is 1. The summed E-state index contributed by atoms with van der Waals surface area (Å²) < 4.78 is 0.623.